The number of rotatable bonds is 6. The summed E-state index contributed by atoms with van der Waals surface area (Å²) in [4.78, 5) is 7.07. The zero-order chi connectivity index (χ0) is 29.6. The molecule has 0 aliphatic carbocycles. The smallest absolute Gasteiger partial charge is 0.157 e. The molecule has 7 nitrogen and oxygen atoms in total. The average molecular weight is 575 g/mol. The van der Waals surface area contributed by atoms with Gasteiger partial charge in [0.15, 0.2) is 5.82 Å². The average Bonchev–Trinajstić information content (AvgIpc) is 3.36. The number of fused-ring (bicyclic) bond motifs is 3. The van der Waals surface area contributed by atoms with Crippen molar-refractivity contribution in [2.75, 3.05) is 12.8 Å². The third kappa shape index (κ3) is 5.45. The molecule has 216 valence electrons. The Kier molecular flexibility index (Phi) is 8.12. The molecular formula is C32H39FN6OS. The van der Waals surface area contributed by atoms with Crippen LogP contribution in [0.2, 0.25) is 0 Å². The number of pyridine rings is 1. The zero-order valence-electron chi connectivity index (χ0n) is 25.2. The van der Waals surface area contributed by atoms with Crippen LogP contribution in [-0.2, 0) is 4.74 Å². The highest BCUT2D eigenvalue weighted by Gasteiger charge is 2.35. The summed E-state index contributed by atoms with van der Waals surface area (Å²) in [6.07, 6.45) is 3.76. The number of aromatic nitrogens is 4. The number of ether oxygens (including phenoxy) is 1. The fourth-order valence-electron chi connectivity index (χ4n) is 6.28. The van der Waals surface area contributed by atoms with Crippen molar-refractivity contribution in [2.24, 2.45) is 0 Å². The quantitative estimate of drug-likeness (QED) is 0.220. The molecular weight excluding hydrogens is 535 g/mol. The van der Waals surface area contributed by atoms with Gasteiger partial charge in [-0.05, 0) is 95.9 Å². The summed E-state index contributed by atoms with van der Waals surface area (Å²) in [6.45, 7) is 15.0. The molecule has 0 saturated carbocycles. The maximum Gasteiger partial charge on any atom is 0.157 e. The summed E-state index contributed by atoms with van der Waals surface area (Å²) < 4.78 is 24.7. The molecule has 41 heavy (non-hydrogen) atoms. The van der Waals surface area contributed by atoms with Crippen LogP contribution in [0.25, 0.3) is 33.1 Å². The predicted octanol–water partition coefficient (Wildman–Crippen LogP) is 7.51. The van der Waals surface area contributed by atoms with E-state index >= 15 is 4.39 Å². The number of thioether (sulfide) groups is 1. The van der Waals surface area contributed by atoms with Crippen molar-refractivity contribution in [3.8, 4) is 17.2 Å². The Morgan fingerprint density at radius 2 is 1.95 bits per heavy atom. The Labute approximate surface area is 246 Å². The highest BCUT2D eigenvalue weighted by atomic mass is 32.2. The summed E-state index contributed by atoms with van der Waals surface area (Å²) in [5.74, 6) is -0.316. The number of benzene rings is 2. The molecule has 1 unspecified atom stereocenters. The Hall–Kier alpha value is -3.06. The first-order valence-corrected chi connectivity index (χ1v) is 15.5. The van der Waals surface area contributed by atoms with Crippen LogP contribution in [-0.4, -0.2) is 55.5 Å². The minimum absolute atomic E-state index is 0.0119. The molecule has 1 fully saturated rings. The van der Waals surface area contributed by atoms with Crippen LogP contribution in [0.4, 0.5) is 4.39 Å². The molecule has 1 aliphatic heterocycles. The van der Waals surface area contributed by atoms with E-state index in [0.717, 1.165) is 52.5 Å². The number of hydrogen-bond donors (Lipinski definition) is 0. The Morgan fingerprint density at radius 1 is 1.20 bits per heavy atom. The van der Waals surface area contributed by atoms with Crippen LogP contribution in [0.1, 0.15) is 69.7 Å². The maximum absolute atomic E-state index is 16.5. The third-order valence-corrected chi connectivity index (χ3v) is 8.94. The number of halogens is 1. The zero-order valence-corrected chi connectivity index (χ0v) is 26.1. The monoisotopic (exact) mass is 574 g/mol. The molecule has 3 heterocycles. The van der Waals surface area contributed by atoms with Crippen molar-refractivity contribution in [3.63, 3.8) is 0 Å². The fraction of sp³-hybridized carbons (Fsp3) is 0.500. The molecule has 2 aromatic carbocycles. The number of likely N-dealkylation sites (tertiary alicyclic amines) is 1. The molecule has 0 spiro atoms. The van der Waals surface area contributed by atoms with Crippen LogP contribution < -0.4 is 0 Å². The molecule has 2 aromatic heterocycles. The third-order valence-electron chi connectivity index (χ3n) is 8.27. The van der Waals surface area contributed by atoms with Gasteiger partial charge in [0.25, 0.3) is 0 Å². The number of nitriles is 1. The van der Waals surface area contributed by atoms with Crippen molar-refractivity contribution < 1.29 is 9.13 Å². The Morgan fingerprint density at radius 3 is 2.63 bits per heavy atom. The van der Waals surface area contributed by atoms with Crippen LogP contribution in [0, 0.1) is 37.9 Å². The van der Waals surface area contributed by atoms with E-state index in [-0.39, 0.29) is 29.7 Å². The van der Waals surface area contributed by atoms with E-state index in [9.17, 15) is 5.26 Å². The molecule has 5 rings (SSSR count). The van der Waals surface area contributed by atoms with Gasteiger partial charge in [-0.3, -0.25) is 4.90 Å². The second kappa shape index (κ2) is 11.3. The SMILES string of the molecule is CSc1nc2c(F)c(-c3cccc(C)c3C)c(C)cc2c2c1nnn2[C@H]1CCN(C(C)OC(C)(C)C)[C@H](CC#N)C1. The largest absolute Gasteiger partial charge is 0.358 e. The minimum Gasteiger partial charge on any atom is -0.358 e. The number of piperidine rings is 1. The summed E-state index contributed by atoms with van der Waals surface area (Å²) in [5, 5.41) is 20.2. The first-order chi connectivity index (χ1) is 19.4. The molecule has 3 atom stereocenters. The summed E-state index contributed by atoms with van der Waals surface area (Å²) >= 11 is 1.45. The van der Waals surface area contributed by atoms with Crippen LogP contribution in [0.3, 0.4) is 0 Å². The van der Waals surface area contributed by atoms with E-state index < -0.39 is 0 Å². The van der Waals surface area contributed by atoms with E-state index in [0.29, 0.717) is 28.0 Å². The summed E-state index contributed by atoms with van der Waals surface area (Å²) in [5.41, 5.74) is 6.06. The Bertz CT molecular complexity index is 1650. The molecule has 1 saturated heterocycles. The van der Waals surface area contributed by atoms with Crippen LogP contribution in [0.5, 0.6) is 0 Å². The summed E-state index contributed by atoms with van der Waals surface area (Å²) in [6, 6.07) is 10.4. The molecule has 0 amide bonds. The van der Waals surface area contributed by atoms with E-state index in [1.165, 1.54) is 11.8 Å². The van der Waals surface area contributed by atoms with Gasteiger partial charge in [-0.25, -0.2) is 14.1 Å². The van der Waals surface area contributed by atoms with Gasteiger partial charge >= 0.3 is 0 Å². The Balaban J connectivity index is 1.63. The fourth-order valence-corrected chi connectivity index (χ4v) is 6.80. The second-order valence-corrected chi connectivity index (χ2v) is 12.9. The lowest BCUT2D eigenvalue weighted by atomic mass is 9.92. The first-order valence-electron chi connectivity index (χ1n) is 14.2. The van der Waals surface area contributed by atoms with Crippen molar-refractivity contribution >= 4 is 33.7 Å². The highest BCUT2D eigenvalue weighted by molar-refractivity contribution is 7.98. The predicted molar refractivity (Wildman–Crippen MR) is 164 cm³/mol. The standard InChI is InChI=1S/C32H39FN6OS/c1-18-10-9-11-24(20(18)3)26-19(2)16-25-28(27(26)33)35-31(41-8)29-30(25)39(37-36-29)23-13-15-38(22(17-23)12-14-34)21(4)40-32(5,6)7/h9-11,16,21-23H,12-13,15,17H2,1-8H3/t21?,22-,23+/m1/s1. The molecule has 0 N–H and O–H groups in total. The van der Waals surface area contributed by atoms with Crippen LogP contribution in [0.15, 0.2) is 29.3 Å². The number of nitrogens with zero attached hydrogens (tertiary/aromatic N) is 6. The molecule has 1 aliphatic rings. The molecule has 0 radical (unpaired) electrons. The van der Waals surface area contributed by atoms with Gasteiger partial charge in [0.05, 0.1) is 24.1 Å². The van der Waals surface area contributed by atoms with Gasteiger partial charge in [-0.1, -0.05) is 23.4 Å². The topological polar surface area (TPSA) is 79.9 Å². The number of aryl methyl sites for hydroxylation is 2. The van der Waals surface area contributed by atoms with Gasteiger partial charge in [0, 0.05) is 23.5 Å². The first kappa shape index (κ1) is 29.4. The lowest BCUT2D eigenvalue weighted by Crippen LogP contribution is -2.50. The van der Waals surface area contributed by atoms with E-state index in [1.807, 2.05) is 76.7 Å². The van der Waals surface area contributed by atoms with Crippen LogP contribution >= 0.6 is 11.8 Å². The van der Waals surface area contributed by atoms with Crippen molar-refractivity contribution in [3.05, 3.63) is 46.8 Å². The van der Waals surface area contributed by atoms with E-state index in [1.54, 1.807) is 0 Å². The van der Waals surface area contributed by atoms with Gasteiger partial charge < -0.3 is 4.74 Å². The normalized spacial score (nSPS) is 19.1. The number of hydrogen-bond acceptors (Lipinski definition) is 7. The van der Waals surface area contributed by atoms with Crippen molar-refractivity contribution in [1.82, 2.24) is 24.9 Å². The lowest BCUT2D eigenvalue weighted by molar-refractivity contribution is -0.144. The summed E-state index contributed by atoms with van der Waals surface area (Å²) in [7, 11) is 0. The van der Waals surface area contributed by atoms with Crippen molar-refractivity contribution in [1.29, 1.82) is 5.26 Å². The van der Waals surface area contributed by atoms with Gasteiger partial charge in [0.2, 0.25) is 0 Å². The molecule has 0 bridgehead atoms. The lowest BCUT2D eigenvalue weighted by Gasteiger charge is -2.43. The van der Waals surface area contributed by atoms with Gasteiger partial charge in [-0.2, -0.15) is 5.26 Å². The molecule has 9 heteroatoms. The minimum atomic E-state index is -0.316. The highest BCUT2D eigenvalue weighted by Crippen LogP contribution is 2.40. The van der Waals surface area contributed by atoms with Gasteiger partial charge in [0.1, 0.15) is 27.8 Å². The maximum atomic E-state index is 16.5. The van der Waals surface area contributed by atoms with Gasteiger partial charge in [-0.15, -0.1) is 16.9 Å². The van der Waals surface area contributed by atoms with E-state index in [4.69, 9.17) is 9.72 Å². The second-order valence-electron chi connectivity index (χ2n) is 12.1. The molecule has 4 aromatic rings. The van der Waals surface area contributed by atoms with Crippen molar-refractivity contribution in [2.45, 2.75) is 96.7 Å². The van der Waals surface area contributed by atoms with E-state index in [2.05, 4.69) is 28.2 Å².